The molecule has 130 valence electrons. The number of piperidine rings is 1. The summed E-state index contributed by atoms with van der Waals surface area (Å²) < 4.78 is 10.5. The van der Waals surface area contributed by atoms with Crippen LogP contribution in [0.3, 0.4) is 0 Å². The second-order valence-corrected chi connectivity index (χ2v) is 5.58. The zero-order valence-corrected chi connectivity index (χ0v) is 14.3. The first-order valence-corrected chi connectivity index (χ1v) is 7.74. The molecular formula is C16H21ClN4O3. The van der Waals surface area contributed by atoms with Gasteiger partial charge in [0.2, 0.25) is 5.91 Å². The number of benzene rings is 1. The molecular weight excluding hydrogens is 332 g/mol. The minimum Gasteiger partial charge on any atom is -0.484 e. The van der Waals surface area contributed by atoms with E-state index >= 15 is 0 Å². The monoisotopic (exact) mass is 352 g/mol. The molecule has 0 saturated carbocycles. The van der Waals surface area contributed by atoms with Crippen LogP contribution in [0.25, 0.3) is 0 Å². The third kappa shape index (κ3) is 4.94. The lowest BCUT2D eigenvalue weighted by Gasteiger charge is -2.21. The van der Waals surface area contributed by atoms with E-state index in [1.807, 2.05) is 12.1 Å². The Labute approximate surface area is 146 Å². The van der Waals surface area contributed by atoms with Gasteiger partial charge < -0.3 is 19.9 Å². The molecule has 2 heterocycles. The van der Waals surface area contributed by atoms with Crippen LogP contribution in [0.2, 0.25) is 0 Å². The number of rotatable bonds is 5. The maximum absolute atomic E-state index is 12.2. The van der Waals surface area contributed by atoms with Crippen LogP contribution in [-0.2, 0) is 11.4 Å². The second kappa shape index (κ2) is 8.65. The van der Waals surface area contributed by atoms with Crippen molar-refractivity contribution < 1.29 is 14.1 Å². The average Bonchev–Trinajstić information content (AvgIpc) is 3.00. The van der Waals surface area contributed by atoms with Gasteiger partial charge in [0, 0.05) is 12.2 Å². The fraction of sp³-hybridized carbons (Fsp3) is 0.438. The molecule has 8 heteroatoms. The number of ether oxygens (including phenoxy) is 1. The maximum Gasteiger partial charge on any atom is 0.264 e. The van der Waals surface area contributed by atoms with Crippen molar-refractivity contribution in [2.45, 2.75) is 26.4 Å². The van der Waals surface area contributed by atoms with Gasteiger partial charge in [-0.1, -0.05) is 5.16 Å². The van der Waals surface area contributed by atoms with E-state index in [1.165, 1.54) is 0 Å². The Morgan fingerprint density at radius 2 is 2.21 bits per heavy atom. The Kier molecular flexibility index (Phi) is 6.57. The number of hydrogen-bond acceptors (Lipinski definition) is 6. The van der Waals surface area contributed by atoms with E-state index in [0.29, 0.717) is 17.5 Å². The highest BCUT2D eigenvalue weighted by atomic mass is 35.5. The fourth-order valence-electron chi connectivity index (χ4n) is 2.50. The molecule has 1 atom stereocenters. The van der Waals surface area contributed by atoms with Gasteiger partial charge >= 0.3 is 0 Å². The molecule has 0 bridgehead atoms. The van der Waals surface area contributed by atoms with Crippen LogP contribution >= 0.6 is 12.4 Å². The number of aryl methyl sites for hydroxylation is 1. The van der Waals surface area contributed by atoms with E-state index in [4.69, 9.17) is 9.26 Å². The minimum absolute atomic E-state index is 0. The van der Waals surface area contributed by atoms with Crippen molar-refractivity contribution in [1.82, 2.24) is 15.5 Å². The number of carbonyl (C=O) groups excluding carboxylic acids is 1. The van der Waals surface area contributed by atoms with Gasteiger partial charge in [0.05, 0.1) is 5.92 Å². The number of amides is 1. The van der Waals surface area contributed by atoms with Crippen molar-refractivity contribution in [3.05, 3.63) is 36.0 Å². The highest BCUT2D eigenvalue weighted by Crippen LogP contribution is 2.19. The fourth-order valence-corrected chi connectivity index (χ4v) is 2.50. The molecule has 0 aliphatic carbocycles. The van der Waals surface area contributed by atoms with Crippen LogP contribution in [0.15, 0.2) is 28.8 Å². The summed E-state index contributed by atoms with van der Waals surface area (Å²) in [4.78, 5) is 16.2. The predicted octanol–water partition coefficient (Wildman–Crippen LogP) is 2.32. The van der Waals surface area contributed by atoms with E-state index in [-0.39, 0.29) is 30.8 Å². The molecule has 0 spiro atoms. The molecule has 2 N–H and O–H groups in total. The smallest absolute Gasteiger partial charge is 0.264 e. The molecule has 3 rings (SSSR count). The van der Waals surface area contributed by atoms with Gasteiger partial charge in [0.1, 0.15) is 5.75 Å². The van der Waals surface area contributed by atoms with E-state index in [2.05, 4.69) is 20.8 Å². The standard InChI is InChI=1S/C16H20N4O3.ClH/c1-11-18-15(23-20-11)10-22-14-6-4-13(5-7-14)19-16(21)12-3-2-8-17-9-12;/h4-7,12,17H,2-3,8-10H2,1H3,(H,19,21);1H. The van der Waals surface area contributed by atoms with Crippen molar-refractivity contribution in [2.24, 2.45) is 5.92 Å². The molecule has 1 aliphatic rings. The topological polar surface area (TPSA) is 89.3 Å². The van der Waals surface area contributed by atoms with Gasteiger partial charge in [-0.15, -0.1) is 12.4 Å². The summed E-state index contributed by atoms with van der Waals surface area (Å²) in [7, 11) is 0. The number of aromatic nitrogens is 2. The summed E-state index contributed by atoms with van der Waals surface area (Å²) >= 11 is 0. The summed E-state index contributed by atoms with van der Waals surface area (Å²) in [5.41, 5.74) is 0.765. The summed E-state index contributed by atoms with van der Waals surface area (Å²) in [5, 5.41) is 9.89. The first kappa shape index (κ1) is 18.2. The quantitative estimate of drug-likeness (QED) is 0.858. The van der Waals surface area contributed by atoms with E-state index < -0.39 is 0 Å². The van der Waals surface area contributed by atoms with Gasteiger partial charge in [0.25, 0.3) is 5.89 Å². The lowest BCUT2D eigenvalue weighted by Crippen LogP contribution is -2.37. The number of nitrogens with one attached hydrogen (secondary N) is 2. The third-order valence-corrected chi connectivity index (χ3v) is 3.72. The van der Waals surface area contributed by atoms with Crippen LogP contribution in [0.5, 0.6) is 5.75 Å². The lowest BCUT2D eigenvalue weighted by molar-refractivity contribution is -0.120. The first-order valence-electron chi connectivity index (χ1n) is 7.74. The van der Waals surface area contributed by atoms with Gasteiger partial charge in [-0.3, -0.25) is 4.79 Å². The van der Waals surface area contributed by atoms with Crippen LogP contribution in [-0.4, -0.2) is 29.1 Å². The van der Waals surface area contributed by atoms with Crippen LogP contribution in [0.1, 0.15) is 24.6 Å². The van der Waals surface area contributed by atoms with Crippen LogP contribution in [0, 0.1) is 12.8 Å². The SMILES string of the molecule is Cc1noc(COc2ccc(NC(=O)C3CCCNC3)cc2)n1.Cl. The highest BCUT2D eigenvalue weighted by molar-refractivity contribution is 5.92. The number of nitrogens with zero attached hydrogens (tertiary/aromatic N) is 2. The third-order valence-electron chi connectivity index (χ3n) is 3.72. The number of carbonyl (C=O) groups is 1. The minimum atomic E-state index is 0. The number of anilines is 1. The van der Waals surface area contributed by atoms with Crippen molar-refractivity contribution in [3.63, 3.8) is 0 Å². The summed E-state index contributed by atoms with van der Waals surface area (Å²) in [6.07, 6.45) is 1.98. The van der Waals surface area contributed by atoms with Gasteiger partial charge in [-0.05, 0) is 50.6 Å². The summed E-state index contributed by atoms with van der Waals surface area (Å²) in [6, 6.07) is 7.25. The zero-order valence-electron chi connectivity index (χ0n) is 13.4. The normalized spacial score (nSPS) is 17.0. The molecule has 1 amide bonds. The maximum atomic E-state index is 12.2. The van der Waals surface area contributed by atoms with Gasteiger partial charge in [0.15, 0.2) is 12.4 Å². The molecule has 1 unspecified atom stereocenters. The predicted molar refractivity (Wildman–Crippen MR) is 91.3 cm³/mol. The molecule has 1 aliphatic heterocycles. The molecule has 1 aromatic carbocycles. The van der Waals surface area contributed by atoms with Crippen molar-refractivity contribution in [3.8, 4) is 5.75 Å². The molecule has 7 nitrogen and oxygen atoms in total. The Hall–Kier alpha value is -2.12. The molecule has 24 heavy (non-hydrogen) atoms. The van der Waals surface area contributed by atoms with Gasteiger partial charge in [-0.25, -0.2) is 0 Å². The molecule has 2 aromatic rings. The Bertz CT molecular complexity index is 654. The molecule has 1 saturated heterocycles. The van der Waals surface area contributed by atoms with E-state index in [9.17, 15) is 4.79 Å². The van der Waals surface area contributed by atoms with Crippen LogP contribution in [0.4, 0.5) is 5.69 Å². The summed E-state index contributed by atoms with van der Waals surface area (Å²) in [5.74, 6) is 1.80. The number of halogens is 1. The zero-order chi connectivity index (χ0) is 16.1. The van der Waals surface area contributed by atoms with Crippen molar-refractivity contribution in [2.75, 3.05) is 18.4 Å². The lowest BCUT2D eigenvalue weighted by atomic mass is 9.99. The average molecular weight is 353 g/mol. The first-order chi connectivity index (χ1) is 11.2. The van der Waals surface area contributed by atoms with E-state index in [1.54, 1.807) is 19.1 Å². The van der Waals surface area contributed by atoms with Gasteiger partial charge in [-0.2, -0.15) is 4.98 Å². The Morgan fingerprint density at radius 1 is 1.42 bits per heavy atom. The number of hydrogen-bond donors (Lipinski definition) is 2. The largest absolute Gasteiger partial charge is 0.484 e. The molecule has 1 aromatic heterocycles. The molecule has 1 fully saturated rings. The highest BCUT2D eigenvalue weighted by Gasteiger charge is 2.20. The van der Waals surface area contributed by atoms with Crippen LogP contribution < -0.4 is 15.4 Å². The van der Waals surface area contributed by atoms with E-state index in [0.717, 1.165) is 31.6 Å². The van der Waals surface area contributed by atoms with Crippen molar-refractivity contribution >= 4 is 24.0 Å². The van der Waals surface area contributed by atoms with Crippen molar-refractivity contribution in [1.29, 1.82) is 0 Å². The summed E-state index contributed by atoms with van der Waals surface area (Å²) in [6.45, 7) is 3.72. The molecule has 0 radical (unpaired) electrons. The Morgan fingerprint density at radius 3 is 2.83 bits per heavy atom. The second-order valence-electron chi connectivity index (χ2n) is 5.58. The Balaban J connectivity index is 0.00000208.